The van der Waals surface area contributed by atoms with Crippen LogP contribution in [-0.4, -0.2) is 11.1 Å². The highest BCUT2D eigenvalue weighted by atomic mass is 79.9. The molecule has 2 atom stereocenters. The van der Waals surface area contributed by atoms with Gasteiger partial charge < -0.3 is 4.74 Å². The second-order valence-corrected chi connectivity index (χ2v) is 2.96. The molecule has 2 heteroatoms. The summed E-state index contributed by atoms with van der Waals surface area (Å²) in [5.41, 5.74) is 0. The molecular formula is C5H9BrO. The topological polar surface area (TPSA) is 9.23 Å². The fourth-order valence-corrected chi connectivity index (χ4v) is 1.39. The van der Waals surface area contributed by atoms with Crippen LogP contribution in [0, 0.1) is 0 Å². The van der Waals surface area contributed by atoms with Crippen molar-refractivity contribution in [2.45, 2.75) is 30.9 Å². The van der Waals surface area contributed by atoms with Gasteiger partial charge in [0.25, 0.3) is 0 Å². The molecule has 0 bridgehead atoms. The minimum absolute atomic E-state index is 0.336. The molecule has 0 aromatic rings. The van der Waals surface area contributed by atoms with Gasteiger partial charge in [-0.05, 0) is 19.8 Å². The number of halogens is 1. The summed E-state index contributed by atoms with van der Waals surface area (Å²) < 4.78 is 5.28. The minimum Gasteiger partial charge on any atom is -0.364 e. The first-order valence-electron chi connectivity index (χ1n) is 2.58. The van der Waals surface area contributed by atoms with E-state index in [1.165, 1.54) is 12.8 Å². The third-order valence-electron chi connectivity index (χ3n) is 1.18. The molecule has 1 rings (SSSR count). The molecule has 0 N–H and O–H groups in total. The predicted molar refractivity (Wildman–Crippen MR) is 32.5 cm³/mol. The average molecular weight is 165 g/mol. The zero-order chi connectivity index (χ0) is 5.28. The second-order valence-electron chi connectivity index (χ2n) is 1.93. The average Bonchev–Trinajstić information content (AvgIpc) is 1.87. The summed E-state index contributed by atoms with van der Waals surface area (Å²) in [6.45, 7) is 2.10. The number of hydrogen-bond acceptors (Lipinski definition) is 1. The Hall–Kier alpha value is 0.440. The van der Waals surface area contributed by atoms with E-state index < -0.39 is 0 Å². The van der Waals surface area contributed by atoms with Gasteiger partial charge in [0.15, 0.2) is 0 Å². The molecule has 0 aromatic carbocycles. The van der Waals surface area contributed by atoms with Crippen molar-refractivity contribution in [3.05, 3.63) is 0 Å². The third-order valence-corrected chi connectivity index (χ3v) is 1.85. The maximum Gasteiger partial charge on any atom is 0.112 e. The van der Waals surface area contributed by atoms with Crippen molar-refractivity contribution in [3.63, 3.8) is 0 Å². The molecule has 7 heavy (non-hydrogen) atoms. The molecule has 1 aliphatic rings. The largest absolute Gasteiger partial charge is 0.364 e. The first-order chi connectivity index (χ1) is 3.29. The molecule has 0 spiro atoms. The van der Waals surface area contributed by atoms with Crippen molar-refractivity contribution in [1.29, 1.82) is 0 Å². The van der Waals surface area contributed by atoms with Crippen LogP contribution >= 0.6 is 15.9 Å². The lowest BCUT2D eigenvalue weighted by Crippen LogP contribution is -1.98. The summed E-state index contributed by atoms with van der Waals surface area (Å²) in [6.07, 6.45) is 2.85. The van der Waals surface area contributed by atoms with Gasteiger partial charge in [0.2, 0.25) is 0 Å². The first kappa shape index (κ1) is 5.57. The van der Waals surface area contributed by atoms with Gasteiger partial charge in [-0.2, -0.15) is 0 Å². The third kappa shape index (κ3) is 1.42. The second kappa shape index (κ2) is 2.14. The van der Waals surface area contributed by atoms with Crippen molar-refractivity contribution in [3.8, 4) is 0 Å². The summed E-state index contributed by atoms with van der Waals surface area (Å²) in [4.78, 5) is 0. The maximum atomic E-state index is 5.28. The lowest BCUT2D eigenvalue weighted by atomic mass is 10.3. The summed E-state index contributed by atoms with van der Waals surface area (Å²) >= 11 is 3.36. The summed E-state index contributed by atoms with van der Waals surface area (Å²) in [7, 11) is 0. The molecule has 0 saturated carbocycles. The highest BCUT2D eigenvalue weighted by Crippen LogP contribution is 2.22. The van der Waals surface area contributed by atoms with Gasteiger partial charge in [0.1, 0.15) is 5.01 Å². The number of ether oxygens (including phenoxy) is 1. The molecule has 1 aliphatic heterocycles. The van der Waals surface area contributed by atoms with Gasteiger partial charge in [0, 0.05) is 0 Å². The molecule has 1 nitrogen and oxygen atoms in total. The van der Waals surface area contributed by atoms with E-state index in [2.05, 4.69) is 22.9 Å². The van der Waals surface area contributed by atoms with E-state index >= 15 is 0 Å². The normalized spacial score (nSPS) is 42.0. The predicted octanol–water partition coefficient (Wildman–Crippen LogP) is 1.91. The zero-order valence-corrected chi connectivity index (χ0v) is 5.94. The lowest BCUT2D eigenvalue weighted by Gasteiger charge is -1.99. The van der Waals surface area contributed by atoms with Crippen LogP contribution in [0.15, 0.2) is 0 Å². The molecular weight excluding hydrogens is 156 g/mol. The molecule has 1 heterocycles. The van der Waals surface area contributed by atoms with Crippen LogP contribution < -0.4 is 0 Å². The smallest absolute Gasteiger partial charge is 0.112 e. The fraction of sp³-hybridized carbons (Fsp3) is 1.00. The van der Waals surface area contributed by atoms with E-state index in [1.807, 2.05) is 0 Å². The Kier molecular flexibility index (Phi) is 1.70. The highest BCUT2D eigenvalue weighted by Gasteiger charge is 2.17. The van der Waals surface area contributed by atoms with Crippen LogP contribution in [-0.2, 0) is 4.74 Å². The van der Waals surface area contributed by atoms with Crippen molar-refractivity contribution in [1.82, 2.24) is 0 Å². The van der Waals surface area contributed by atoms with E-state index in [1.54, 1.807) is 0 Å². The van der Waals surface area contributed by atoms with Gasteiger partial charge in [-0.15, -0.1) is 0 Å². The van der Waals surface area contributed by atoms with Crippen LogP contribution in [0.1, 0.15) is 19.8 Å². The molecule has 0 amide bonds. The maximum absolute atomic E-state index is 5.28. The van der Waals surface area contributed by atoms with E-state index in [-0.39, 0.29) is 0 Å². The molecule has 0 aliphatic carbocycles. The summed E-state index contributed by atoms with van der Waals surface area (Å²) in [5, 5.41) is 0.336. The Balaban J connectivity index is 2.26. The van der Waals surface area contributed by atoms with Crippen molar-refractivity contribution in [2.24, 2.45) is 0 Å². The van der Waals surface area contributed by atoms with Crippen molar-refractivity contribution >= 4 is 15.9 Å². The van der Waals surface area contributed by atoms with Crippen LogP contribution in [0.5, 0.6) is 0 Å². The molecule has 42 valence electrons. The van der Waals surface area contributed by atoms with Crippen LogP contribution in [0.4, 0.5) is 0 Å². The first-order valence-corrected chi connectivity index (χ1v) is 3.50. The Morgan fingerprint density at radius 3 is 2.43 bits per heavy atom. The Bertz CT molecular complexity index is 57.1. The minimum atomic E-state index is 0.336. The van der Waals surface area contributed by atoms with Gasteiger partial charge in [-0.25, -0.2) is 0 Å². The van der Waals surface area contributed by atoms with Gasteiger partial charge in [-0.3, -0.25) is 0 Å². The van der Waals surface area contributed by atoms with Gasteiger partial charge >= 0.3 is 0 Å². The SMILES string of the molecule is CC1CCC(Br)O1. The van der Waals surface area contributed by atoms with Gasteiger partial charge in [-0.1, -0.05) is 15.9 Å². The monoisotopic (exact) mass is 164 g/mol. The Morgan fingerprint density at radius 1 is 1.57 bits per heavy atom. The van der Waals surface area contributed by atoms with Crippen LogP contribution in [0.2, 0.25) is 0 Å². The number of rotatable bonds is 0. The standard InChI is InChI=1S/C5H9BrO/c1-4-2-3-5(6)7-4/h4-5H,2-3H2,1H3. The molecule has 2 unspecified atom stereocenters. The van der Waals surface area contributed by atoms with Crippen molar-refractivity contribution < 1.29 is 4.74 Å². The van der Waals surface area contributed by atoms with Gasteiger partial charge in [0.05, 0.1) is 6.10 Å². The Morgan fingerprint density at radius 2 is 2.29 bits per heavy atom. The lowest BCUT2D eigenvalue weighted by molar-refractivity contribution is 0.109. The number of hydrogen-bond donors (Lipinski definition) is 0. The summed E-state index contributed by atoms with van der Waals surface area (Å²) in [5.74, 6) is 0. The fourth-order valence-electron chi connectivity index (χ4n) is 0.754. The molecule has 0 radical (unpaired) electrons. The zero-order valence-electron chi connectivity index (χ0n) is 4.36. The van der Waals surface area contributed by atoms with Crippen molar-refractivity contribution in [2.75, 3.05) is 0 Å². The van der Waals surface area contributed by atoms with E-state index in [9.17, 15) is 0 Å². The quantitative estimate of drug-likeness (QED) is 0.498. The van der Waals surface area contributed by atoms with E-state index in [0.29, 0.717) is 11.1 Å². The number of alkyl halides is 1. The Labute approximate surface area is 52.2 Å². The van der Waals surface area contributed by atoms with Crippen LogP contribution in [0.3, 0.4) is 0 Å². The molecule has 0 aromatic heterocycles. The van der Waals surface area contributed by atoms with E-state index in [4.69, 9.17) is 4.74 Å². The van der Waals surface area contributed by atoms with E-state index in [0.717, 1.165) is 0 Å². The summed E-state index contributed by atoms with van der Waals surface area (Å²) in [6, 6.07) is 0. The van der Waals surface area contributed by atoms with Crippen LogP contribution in [0.25, 0.3) is 0 Å². The molecule has 1 saturated heterocycles. The highest BCUT2D eigenvalue weighted by molar-refractivity contribution is 9.09. The molecule has 1 fully saturated rings.